The quantitative estimate of drug-likeness (QED) is 0.634. The highest BCUT2D eigenvalue weighted by Gasteiger charge is 2.17. The van der Waals surface area contributed by atoms with E-state index in [0.29, 0.717) is 19.1 Å². The predicted octanol–water partition coefficient (Wildman–Crippen LogP) is 2.83. The molecule has 1 rings (SSSR count). The fourth-order valence-corrected chi connectivity index (χ4v) is 2.69. The molecule has 0 aliphatic heterocycles. The molecule has 1 atom stereocenters. The molecule has 1 unspecified atom stereocenters. The van der Waals surface area contributed by atoms with Gasteiger partial charge in [-0.2, -0.15) is 0 Å². The van der Waals surface area contributed by atoms with Gasteiger partial charge < -0.3 is 15.2 Å². The van der Waals surface area contributed by atoms with Crippen LogP contribution in [0.2, 0.25) is 0 Å². The van der Waals surface area contributed by atoms with Crippen LogP contribution in [-0.4, -0.2) is 37.5 Å². The van der Waals surface area contributed by atoms with E-state index < -0.39 is 0 Å². The van der Waals surface area contributed by atoms with Crippen molar-refractivity contribution in [2.24, 2.45) is 17.8 Å². The van der Waals surface area contributed by atoms with E-state index in [1.165, 1.54) is 32.1 Å². The van der Waals surface area contributed by atoms with Gasteiger partial charge in [0.15, 0.2) is 0 Å². The van der Waals surface area contributed by atoms with E-state index in [0.717, 1.165) is 25.0 Å². The lowest BCUT2D eigenvalue weighted by Crippen LogP contribution is -2.32. The number of ether oxygens (including phenoxy) is 1. The van der Waals surface area contributed by atoms with Gasteiger partial charge in [-0.3, -0.25) is 0 Å². The van der Waals surface area contributed by atoms with Crippen LogP contribution in [0.3, 0.4) is 0 Å². The summed E-state index contributed by atoms with van der Waals surface area (Å²) < 4.78 is 5.43. The minimum Gasteiger partial charge on any atom is -0.389 e. The molecular formula is C16H33NO2. The minimum atomic E-state index is -0.370. The second kappa shape index (κ2) is 9.73. The molecule has 3 heteroatoms. The average Bonchev–Trinajstić information content (AvgIpc) is 2.36. The third kappa shape index (κ3) is 8.61. The maximum atomic E-state index is 9.75. The van der Waals surface area contributed by atoms with Gasteiger partial charge in [0.25, 0.3) is 0 Å². The summed E-state index contributed by atoms with van der Waals surface area (Å²) in [6.45, 7) is 9.47. The Kier molecular flexibility index (Phi) is 8.67. The largest absolute Gasteiger partial charge is 0.389 e. The van der Waals surface area contributed by atoms with Crippen molar-refractivity contribution in [2.75, 3.05) is 26.3 Å². The van der Waals surface area contributed by atoms with Gasteiger partial charge in [0, 0.05) is 13.2 Å². The molecule has 1 aliphatic rings. The Hall–Kier alpha value is -0.120. The Bertz CT molecular complexity index is 213. The molecule has 114 valence electrons. The predicted molar refractivity (Wildman–Crippen MR) is 80.3 cm³/mol. The van der Waals surface area contributed by atoms with Crippen LogP contribution in [0.4, 0.5) is 0 Å². The SMILES string of the molecule is CC(C)COCC(O)CNCCC1CCC(C)CC1. The summed E-state index contributed by atoms with van der Waals surface area (Å²) in [5, 5.41) is 13.1. The molecule has 0 saturated heterocycles. The van der Waals surface area contributed by atoms with E-state index in [9.17, 15) is 5.11 Å². The lowest BCUT2D eigenvalue weighted by atomic mass is 9.81. The van der Waals surface area contributed by atoms with E-state index in [1.54, 1.807) is 0 Å². The standard InChI is InChI=1S/C16H33NO2/c1-13(2)11-19-12-16(18)10-17-9-8-15-6-4-14(3)5-7-15/h13-18H,4-12H2,1-3H3. The van der Waals surface area contributed by atoms with E-state index in [2.05, 4.69) is 26.1 Å². The molecule has 1 aliphatic carbocycles. The van der Waals surface area contributed by atoms with Gasteiger partial charge in [-0.1, -0.05) is 46.5 Å². The third-order valence-electron chi connectivity index (χ3n) is 4.01. The van der Waals surface area contributed by atoms with Crippen molar-refractivity contribution >= 4 is 0 Å². The number of rotatable bonds is 9. The monoisotopic (exact) mass is 271 g/mol. The molecular weight excluding hydrogens is 238 g/mol. The molecule has 0 aromatic heterocycles. The molecule has 2 N–H and O–H groups in total. The summed E-state index contributed by atoms with van der Waals surface area (Å²) in [5.41, 5.74) is 0. The second-order valence-electron chi connectivity index (χ2n) is 6.70. The van der Waals surface area contributed by atoms with Crippen LogP contribution >= 0.6 is 0 Å². The number of aliphatic hydroxyl groups excluding tert-OH is 1. The van der Waals surface area contributed by atoms with E-state index >= 15 is 0 Å². The number of hydrogen-bond donors (Lipinski definition) is 2. The first-order valence-electron chi connectivity index (χ1n) is 8.04. The van der Waals surface area contributed by atoms with E-state index in [-0.39, 0.29) is 6.10 Å². The fourth-order valence-electron chi connectivity index (χ4n) is 2.69. The van der Waals surface area contributed by atoms with E-state index in [4.69, 9.17) is 4.74 Å². The van der Waals surface area contributed by atoms with Gasteiger partial charge in [-0.15, -0.1) is 0 Å². The Morgan fingerprint density at radius 1 is 1.16 bits per heavy atom. The number of hydrogen-bond acceptors (Lipinski definition) is 3. The summed E-state index contributed by atoms with van der Waals surface area (Å²) in [7, 11) is 0. The Balaban J connectivity index is 1.92. The number of nitrogens with one attached hydrogen (secondary N) is 1. The first-order chi connectivity index (χ1) is 9.08. The molecule has 19 heavy (non-hydrogen) atoms. The van der Waals surface area contributed by atoms with Crippen LogP contribution in [0.5, 0.6) is 0 Å². The number of aliphatic hydroxyl groups is 1. The Morgan fingerprint density at radius 3 is 2.47 bits per heavy atom. The van der Waals surface area contributed by atoms with Crippen molar-refractivity contribution in [2.45, 2.75) is 59.0 Å². The van der Waals surface area contributed by atoms with Gasteiger partial charge >= 0.3 is 0 Å². The Labute approximate surface area is 119 Å². The van der Waals surface area contributed by atoms with Crippen LogP contribution in [-0.2, 0) is 4.74 Å². The highest BCUT2D eigenvalue weighted by molar-refractivity contribution is 4.71. The molecule has 1 fully saturated rings. The van der Waals surface area contributed by atoms with Crippen LogP contribution in [0, 0.1) is 17.8 Å². The molecule has 0 radical (unpaired) electrons. The summed E-state index contributed by atoms with van der Waals surface area (Å²) >= 11 is 0. The molecule has 0 aromatic rings. The summed E-state index contributed by atoms with van der Waals surface area (Å²) in [4.78, 5) is 0. The fraction of sp³-hybridized carbons (Fsp3) is 1.00. The van der Waals surface area contributed by atoms with Crippen LogP contribution in [0.15, 0.2) is 0 Å². The van der Waals surface area contributed by atoms with Crippen molar-refractivity contribution in [3.8, 4) is 0 Å². The van der Waals surface area contributed by atoms with E-state index in [1.807, 2.05) is 0 Å². The molecule has 0 spiro atoms. The molecule has 0 aromatic carbocycles. The lowest BCUT2D eigenvalue weighted by Gasteiger charge is -2.26. The summed E-state index contributed by atoms with van der Waals surface area (Å²) in [6.07, 6.45) is 6.47. The van der Waals surface area contributed by atoms with Crippen LogP contribution in [0.25, 0.3) is 0 Å². The smallest absolute Gasteiger partial charge is 0.0897 e. The van der Waals surface area contributed by atoms with Crippen molar-refractivity contribution in [1.82, 2.24) is 5.32 Å². The Morgan fingerprint density at radius 2 is 1.84 bits per heavy atom. The third-order valence-corrected chi connectivity index (χ3v) is 4.01. The van der Waals surface area contributed by atoms with Crippen molar-refractivity contribution in [3.63, 3.8) is 0 Å². The van der Waals surface area contributed by atoms with Crippen molar-refractivity contribution in [1.29, 1.82) is 0 Å². The first-order valence-corrected chi connectivity index (χ1v) is 8.04. The lowest BCUT2D eigenvalue weighted by molar-refractivity contribution is 0.0260. The second-order valence-corrected chi connectivity index (χ2v) is 6.70. The first kappa shape index (κ1) is 16.9. The van der Waals surface area contributed by atoms with Gasteiger partial charge in [-0.05, 0) is 30.7 Å². The van der Waals surface area contributed by atoms with Gasteiger partial charge in [0.05, 0.1) is 12.7 Å². The molecule has 3 nitrogen and oxygen atoms in total. The van der Waals surface area contributed by atoms with Gasteiger partial charge in [0.1, 0.15) is 0 Å². The average molecular weight is 271 g/mol. The zero-order chi connectivity index (χ0) is 14.1. The highest BCUT2D eigenvalue weighted by Crippen LogP contribution is 2.29. The summed E-state index contributed by atoms with van der Waals surface area (Å²) in [5.74, 6) is 2.37. The van der Waals surface area contributed by atoms with Crippen molar-refractivity contribution < 1.29 is 9.84 Å². The molecule has 1 saturated carbocycles. The highest BCUT2D eigenvalue weighted by atomic mass is 16.5. The van der Waals surface area contributed by atoms with Crippen molar-refractivity contribution in [3.05, 3.63) is 0 Å². The van der Waals surface area contributed by atoms with Crippen LogP contribution < -0.4 is 5.32 Å². The minimum absolute atomic E-state index is 0.370. The molecule has 0 bridgehead atoms. The molecule has 0 heterocycles. The van der Waals surface area contributed by atoms with Gasteiger partial charge in [0.2, 0.25) is 0 Å². The van der Waals surface area contributed by atoms with Crippen LogP contribution in [0.1, 0.15) is 52.9 Å². The summed E-state index contributed by atoms with van der Waals surface area (Å²) in [6, 6.07) is 0. The normalized spacial score (nSPS) is 25.7. The zero-order valence-corrected chi connectivity index (χ0v) is 13.0. The zero-order valence-electron chi connectivity index (χ0n) is 13.0. The molecule has 0 amide bonds. The maximum absolute atomic E-state index is 9.75. The maximum Gasteiger partial charge on any atom is 0.0897 e. The topological polar surface area (TPSA) is 41.5 Å². The van der Waals surface area contributed by atoms with Gasteiger partial charge in [-0.25, -0.2) is 0 Å².